The second kappa shape index (κ2) is 7.88. The molecule has 1 aliphatic heterocycles. The fraction of sp³-hybridized carbons (Fsp3) is 0.588. The van der Waals surface area contributed by atoms with E-state index in [4.69, 9.17) is 9.47 Å². The molecule has 1 fully saturated rings. The van der Waals surface area contributed by atoms with Gasteiger partial charge in [-0.3, -0.25) is 4.79 Å². The zero-order chi connectivity index (χ0) is 17.7. The highest BCUT2D eigenvalue weighted by molar-refractivity contribution is 7.91. The van der Waals surface area contributed by atoms with Crippen LogP contribution in [-0.2, 0) is 14.6 Å². The van der Waals surface area contributed by atoms with E-state index < -0.39 is 15.8 Å². The van der Waals surface area contributed by atoms with E-state index in [2.05, 4.69) is 5.32 Å². The molecule has 1 aliphatic rings. The lowest BCUT2D eigenvalue weighted by atomic mass is 10.0. The summed E-state index contributed by atoms with van der Waals surface area (Å²) in [6.07, 6.45) is 0.397. The zero-order valence-corrected chi connectivity index (χ0v) is 15.2. The molecule has 7 heteroatoms. The third kappa shape index (κ3) is 4.63. The summed E-state index contributed by atoms with van der Waals surface area (Å²) in [5.74, 6) is 0.683. The molecule has 1 amide bonds. The van der Waals surface area contributed by atoms with Crippen LogP contribution < -0.4 is 14.8 Å². The lowest BCUT2D eigenvalue weighted by molar-refractivity contribution is -0.124. The Morgan fingerprint density at radius 1 is 1.25 bits per heavy atom. The number of carbonyl (C=O) groups excluding carboxylic acids is 1. The highest BCUT2D eigenvalue weighted by Gasteiger charge is 2.33. The van der Waals surface area contributed by atoms with Crippen LogP contribution in [0, 0.1) is 5.92 Å². The van der Waals surface area contributed by atoms with Gasteiger partial charge >= 0.3 is 0 Å². The first kappa shape index (κ1) is 18.6. The van der Waals surface area contributed by atoms with E-state index in [-0.39, 0.29) is 23.5 Å². The van der Waals surface area contributed by atoms with Gasteiger partial charge < -0.3 is 14.8 Å². The molecular formula is C17H25NO5S. The monoisotopic (exact) mass is 355 g/mol. The molecule has 0 aromatic heterocycles. The molecule has 1 heterocycles. The third-order valence-electron chi connectivity index (χ3n) is 4.03. The maximum absolute atomic E-state index is 12.3. The maximum atomic E-state index is 12.3. The van der Waals surface area contributed by atoms with Crippen molar-refractivity contribution in [2.75, 3.05) is 24.7 Å². The van der Waals surface area contributed by atoms with Gasteiger partial charge in [0.1, 0.15) is 0 Å². The fourth-order valence-electron chi connectivity index (χ4n) is 2.75. The zero-order valence-electron chi connectivity index (χ0n) is 14.4. The van der Waals surface area contributed by atoms with Crippen LogP contribution in [0.25, 0.3) is 0 Å². The first-order valence-corrected chi connectivity index (χ1v) is 10.1. The summed E-state index contributed by atoms with van der Waals surface area (Å²) in [4.78, 5) is 12.3. The van der Waals surface area contributed by atoms with E-state index in [1.165, 1.54) is 0 Å². The van der Waals surface area contributed by atoms with Crippen molar-refractivity contribution in [2.45, 2.75) is 33.2 Å². The molecule has 0 unspecified atom stereocenters. The summed E-state index contributed by atoms with van der Waals surface area (Å²) in [6.45, 7) is 6.73. The van der Waals surface area contributed by atoms with Gasteiger partial charge in [-0.05, 0) is 44.9 Å². The number of sulfone groups is 1. The van der Waals surface area contributed by atoms with Gasteiger partial charge in [-0.2, -0.15) is 0 Å². The minimum absolute atomic E-state index is 0.0565. The number of hydrogen-bond donors (Lipinski definition) is 1. The Morgan fingerprint density at radius 3 is 2.50 bits per heavy atom. The smallest absolute Gasteiger partial charge is 0.224 e. The second-order valence-corrected chi connectivity index (χ2v) is 8.13. The van der Waals surface area contributed by atoms with Gasteiger partial charge in [0, 0.05) is 0 Å². The van der Waals surface area contributed by atoms with Gasteiger partial charge in [-0.25, -0.2) is 8.42 Å². The summed E-state index contributed by atoms with van der Waals surface area (Å²) in [7, 11) is -3.06. The number of hydrogen-bond acceptors (Lipinski definition) is 5. The van der Waals surface area contributed by atoms with E-state index in [1.807, 2.05) is 39.0 Å². The predicted octanol–water partition coefficient (Wildman–Crippen LogP) is 2.10. The number of nitrogens with one attached hydrogen (secondary N) is 1. The fourth-order valence-corrected chi connectivity index (χ4v) is 4.49. The van der Waals surface area contributed by atoms with Gasteiger partial charge in [0.15, 0.2) is 21.3 Å². The van der Waals surface area contributed by atoms with Crippen molar-refractivity contribution < 1.29 is 22.7 Å². The van der Waals surface area contributed by atoms with Crippen LogP contribution in [0.2, 0.25) is 0 Å². The van der Waals surface area contributed by atoms with Crippen LogP contribution in [0.15, 0.2) is 18.2 Å². The standard InChI is InChI=1S/C17H25NO5S/c1-4-22-15-7-6-13(10-16(15)23-5-2)12(3)18-17(19)14-8-9-24(20,21)11-14/h6-7,10,12,14H,4-5,8-9,11H2,1-3H3,(H,18,19)/t12-,14+/m0/s1. The third-order valence-corrected chi connectivity index (χ3v) is 5.80. The molecule has 0 saturated carbocycles. The number of carbonyl (C=O) groups is 1. The lowest BCUT2D eigenvalue weighted by Crippen LogP contribution is -2.33. The molecule has 0 spiro atoms. The molecule has 0 bridgehead atoms. The predicted molar refractivity (Wildman–Crippen MR) is 92.1 cm³/mol. The normalized spacial score (nSPS) is 20.4. The Hall–Kier alpha value is -1.76. The second-order valence-electron chi connectivity index (χ2n) is 5.90. The SMILES string of the molecule is CCOc1ccc([C@H](C)NC(=O)[C@@H]2CCS(=O)(=O)C2)cc1OCC. The topological polar surface area (TPSA) is 81.7 Å². The van der Waals surface area contributed by atoms with Crippen LogP contribution >= 0.6 is 0 Å². The largest absolute Gasteiger partial charge is 0.490 e. The first-order chi connectivity index (χ1) is 11.4. The average molecular weight is 355 g/mol. The van der Waals surface area contributed by atoms with Crippen molar-refractivity contribution in [3.8, 4) is 11.5 Å². The Morgan fingerprint density at radius 2 is 1.92 bits per heavy atom. The summed E-state index contributed by atoms with van der Waals surface area (Å²) in [5.41, 5.74) is 0.885. The molecule has 6 nitrogen and oxygen atoms in total. The summed E-state index contributed by atoms with van der Waals surface area (Å²) in [6, 6.07) is 5.32. The quantitative estimate of drug-likeness (QED) is 0.810. The molecule has 2 atom stereocenters. The van der Waals surface area contributed by atoms with Gasteiger partial charge in [0.25, 0.3) is 0 Å². The van der Waals surface area contributed by atoms with Crippen LogP contribution in [0.1, 0.15) is 38.8 Å². The molecule has 0 aliphatic carbocycles. The molecular weight excluding hydrogens is 330 g/mol. The van der Waals surface area contributed by atoms with Crippen LogP contribution in [-0.4, -0.2) is 39.0 Å². The molecule has 1 saturated heterocycles. The van der Waals surface area contributed by atoms with Crippen molar-refractivity contribution in [1.82, 2.24) is 5.32 Å². The number of benzene rings is 1. The number of amides is 1. The minimum atomic E-state index is -3.06. The molecule has 134 valence electrons. The van der Waals surface area contributed by atoms with Crippen LogP contribution in [0.4, 0.5) is 0 Å². The van der Waals surface area contributed by atoms with Gasteiger partial charge in [-0.15, -0.1) is 0 Å². The average Bonchev–Trinajstić information content (AvgIpc) is 2.89. The first-order valence-electron chi connectivity index (χ1n) is 8.26. The summed E-state index contributed by atoms with van der Waals surface area (Å²) >= 11 is 0. The molecule has 0 radical (unpaired) electrons. The van der Waals surface area contributed by atoms with Gasteiger partial charge in [0.05, 0.1) is 36.7 Å². The lowest BCUT2D eigenvalue weighted by Gasteiger charge is -2.19. The van der Waals surface area contributed by atoms with Gasteiger partial charge in [-0.1, -0.05) is 6.07 Å². The van der Waals surface area contributed by atoms with Crippen molar-refractivity contribution in [2.24, 2.45) is 5.92 Å². The summed E-state index contributed by atoms with van der Waals surface area (Å²) < 4.78 is 34.1. The van der Waals surface area contributed by atoms with E-state index in [9.17, 15) is 13.2 Å². The highest BCUT2D eigenvalue weighted by atomic mass is 32.2. The van der Waals surface area contributed by atoms with Crippen molar-refractivity contribution in [3.05, 3.63) is 23.8 Å². The van der Waals surface area contributed by atoms with Crippen molar-refractivity contribution >= 4 is 15.7 Å². The number of rotatable bonds is 7. The maximum Gasteiger partial charge on any atom is 0.224 e. The van der Waals surface area contributed by atoms with Crippen LogP contribution in [0.3, 0.4) is 0 Å². The van der Waals surface area contributed by atoms with E-state index in [0.717, 1.165) is 5.56 Å². The van der Waals surface area contributed by atoms with E-state index in [0.29, 0.717) is 31.1 Å². The Labute approximate surface area is 143 Å². The van der Waals surface area contributed by atoms with E-state index in [1.54, 1.807) is 0 Å². The number of ether oxygens (including phenoxy) is 2. The molecule has 1 aromatic carbocycles. The highest BCUT2D eigenvalue weighted by Crippen LogP contribution is 2.31. The Balaban J connectivity index is 2.07. The Bertz CT molecular complexity index is 686. The Kier molecular flexibility index (Phi) is 6.10. The minimum Gasteiger partial charge on any atom is -0.490 e. The van der Waals surface area contributed by atoms with Crippen LogP contribution in [0.5, 0.6) is 11.5 Å². The molecule has 2 rings (SSSR count). The molecule has 1 N–H and O–H groups in total. The van der Waals surface area contributed by atoms with E-state index >= 15 is 0 Å². The van der Waals surface area contributed by atoms with Crippen molar-refractivity contribution in [1.29, 1.82) is 0 Å². The summed E-state index contributed by atoms with van der Waals surface area (Å²) in [5, 5.41) is 2.90. The van der Waals surface area contributed by atoms with Crippen molar-refractivity contribution in [3.63, 3.8) is 0 Å². The van der Waals surface area contributed by atoms with Gasteiger partial charge in [0.2, 0.25) is 5.91 Å². The molecule has 1 aromatic rings. The molecule has 24 heavy (non-hydrogen) atoms.